The van der Waals surface area contributed by atoms with Crippen LogP contribution in [0.1, 0.15) is 36.6 Å². The van der Waals surface area contributed by atoms with Gasteiger partial charge < -0.3 is 10.1 Å². The van der Waals surface area contributed by atoms with Gasteiger partial charge in [-0.15, -0.1) is 0 Å². The maximum Gasteiger partial charge on any atom is 0.232 e. The lowest BCUT2D eigenvalue weighted by atomic mass is 9.97. The molecule has 0 saturated carbocycles. The van der Waals surface area contributed by atoms with Gasteiger partial charge in [0.2, 0.25) is 5.88 Å². The number of ether oxygens (including phenoxy) is 1. The molecule has 1 aliphatic carbocycles. The van der Waals surface area contributed by atoms with Crippen LogP contribution in [0.2, 0.25) is 0 Å². The molecule has 0 amide bonds. The van der Waals surface area contributed by atoms with Crippen LogP contribution in [0.5, 0.6) is 5.88 Å². The minimum absolute atomic E-state index is 0.118. The smallest absolute Gasteiger partial charge is 0.232 e. The van der Waals surface area contributed by atoms with Crippen molar-refractivity contribution >= 4 is 0 Å². The molecular weight excluding hydrogens is 238 g/mol. The Bertz CT molecular complexity index is 521. The second-order valence-corrected chi connectivity index (χ2v) is 5.54. The predicted octanol–water partition coefficient (Wildman–Crippen LogP) is 1.82. The molecule has 19 heavy (non-hydrogen) atoms. The fourth-order valence-corrected chi connectivity index (χ4v) is 2.89. The predicted molar refractivity (Wildman–Crippen MR) is 72.0 cm³/mol. The third-order valence-electron chi connectivity index (χ3n) is 4.16. The molecule has 1 N–H and O–H groups in total. The summed E-state index contributed by atoms with van der Waals surface area (Å²) in [5.74, 6) is 1.03. The largest absolute Gasteiger partial charge is 0.472 e. The van der Waals surface area contributed by atoms with E-state index in [0.29, 0.717) is 17.4 Å². The first-order chi connectivity index (χ1) is 9.28. The first-order valence-corrected chi connectivity index (χ1v) is 7.08. The number of nitrogens with one attached hydrogen (secondary N) is 1. The summed E-state index contributed by atoms with van der Waals surface area (Å²) >= 11 is 0. The lowest BCUT2D eigenvalue weighted by Crippen LogP contribution is -2.43. The van der Waals surface area contributed by atoms with Gasteiger partial charge in [-0.1, -0.05) is 6.92 Å². The second kappa shape index (κ2) is 5.18. The van der Waals surface area contributed by atoms with Crippen LogP contribution < -0.4 is 10.1 Å². The number of aryl methyl sites for hydroxylation is 2. The highest BCUT2D eigenvalue weighted by Crippen LogP contribution is 2.28. The van der Waals surface area contributed by atoms with Gasteiger partial charge in [-0.25, -0.2) is 4.98 Å². The molecule has 4 nitrogen and oxygen atoms in total. The summed E-state index contributed by atoms with van der Waals surface area (Å²) in [6, 6.07) is 4.19. The van der Waals surface area contributed by atoms with Crippen LogP contribution in [-0.2, 0) is 12.8 Å². The Morgan fingerprint density at radius 2 is 2.37 bits per heavy atom. The summed E-state index contributed by atoms with van der Waals surface area (Å²) in [6.45, 7) is 4.08. The quantitative estimate of drug-likeness (QED) is 0.878. The molecule has 1 aromatic heterocycles. The van der Waals surface area contributed by atoms with Crippen LogP contribution in [0, 0.1) is 17.2 Å². The van der Waals surface area contributed by atoms with E-state index in [0.717, 1.165) is 44.5 Å². The monoisotopic (exact) mass is 257 g/mol. The van der Waals surface area contributed by atoms with E-state index in [4.69, 9.17) is 4.74 Å². The summed E-state index contributed by atoms with van der Waals surface area (Å²) in [5, 5.41) is 12.6. The normalized spacial score (nSPS) is 25.7. The van der Waals surface area contributed by atoms with Crippen molar-refractivity contribution < 1.29 is 4.74 Å². The van der Waals surface area contributed by atoms with Gasteiger partial charge in [0.1, 0.15) is 17.7 Å². The molecule has 1 aliphatic heterocycles. The van der Waals surface area contributed by atoms with Crippen molar-refractivity contribution in [2.45, 2.75) is 38.7 Å². The Hall–Kier alpha value is -1.60. The zero-order valence-corrected chi connectivity index (χ0v) is 11.3. The molecule has 4 heteroatoms. The van der Waals surface area contributed by atoms with Gasteiger partial charge >= 0.3 is 0 Å². The van der Waals surface area contributed by atoms with Crippen LogP contribution in [0.15, 0.2) is 6.07 Å². The molecule has 2 unspecified atom stereocenters. The summed E-state index contributed by atoms with van der Waals surface area (Å²) in [7, 11) is 0. The third-order valence-corrected chi connectivity index (χ3v) is 4.16. The number of rotatable bonds is 2. The van der Waals surface area contributed by atoms with E-state index < -0.39 is 0 Å². The number of pyridine rings is 1. The molecule has 0 spiro atoms. The first-order valence-electron chi connectivity index (χ1n) is 7.08. The van der Waals surface area contributed by atoms with Crippen LogP contribution >= 0.6 is 0 Å². The molecule has 2 aliphatic rings. The van der Waals surface area contributed by atoms with Gasteiger partial charge in [0.15, 0.2) is 0 Å². The number of nitriles is 1. The summed E-state index contributed by atoms with van der Waals surface area (Å²) in [4.78, 5) is 4.58. The fourth-order valence-electron chi connectivity index (χ4n) is 2.89. The highest BCUT2D eigenvalue weighted by molar-refractivity contribution is 5.44. The topological polar surface area (TPSA) is 57.9 Å². The zero-order valence-electron chi connectivity index (χ0n) is 11.3. The highest BCUT2D eigenvalue weighted by atomic mass is 16.5. The van der Waals surface area contributed by atoms with Gasteiger partial charge in [0.05, 0.1) is 0 Å². The van der Waals surface area contributed by atoms with Crippen molar-refractivity contribution in [2.75, 3.05) is 13.1 Å². The number of hydrogen-bond donors (Lipinski definition) is 1. The molecule has 1 aromatic rings. The maximum atomic E-state index is 9.26. The van der Waals surface area contributed by atoms with Gasteiger partial charge in [-0.05, 0) is 49.8 Å². The Kier molecular flexibility index (Phi) is 3.39. The Morgan fingerprint density at radius 1 is 1.47 bits per heavy atom. The minimum Gasteiger partial charge on any atom is -0.472 e. The van der Waals surface area contributed by atoms with Crippen LogP contribution in [-0.4, -0.2) is 24.2 Å². The lowest BCUT2D eigenvalue weighted by molar-refractivity contribution is 0.109. The molecule has 100 valence electrons. The number of aromatic nitrogens is 1. The number of hydrogen-bond acceptors (Lipinski definition) is 4. The summed E-state index contributed by atoms with van der Waals surface area (Å²) < 4.78 is 6.02. The Morgan fingerprint density at radius 3 is 3.16 bits per heavy atom. The lowest BCUT2D eigenvalue weighted by Gasteiger charge is -2.29. The molecule has 0 radical (unpaired) electrons. The number of piperidine rings is 1. The molecule has 0 aromatic carbocycles. The van der Waals surface area contributed by atoms with E-state index in [1.807, 2.05) is 6.07 Å². The number of nitrogens with zero attached hydrogens (tertiary/aromatic N) is 2. The number of fused-ring (bicyclic) bond motifs is 1. The van der Waals surface area contributed by atoms with Crippen molar-refractivity contribution in [3.8, 4) is 11.9 Å². The van der Waals surface area contributed by atoms with E-state index in [9.17, 15) is 5.26 Å². The van der Waals surface area contributed by atoms with Crippen LogP contribution in [0.3, 0.4) is 0 Å². The van der Waals surface area contributed by atoms with Gasteiger partial charge in [0.25, 0.3) is 0 Å². The van der Waals surface area contributed by atoms with Crippen LogP contribution in [0.4, 0.5) is 0 Å². The van der Waals surface area contributed by atoms with Crippen molar-refractivity contribution in [1.29, 1.82) is 5.26 Å². The molecule has 2 atom stereocenters. The molecular formula is C15H19N3O. The van der Waals surface area contributed by atoms with E-state index in [1.54, 1.807) is 0 Å². The minimum atomic E-state index is 0.118. The van der Waals surface area contributed by atoms with E-state index in [1.165, 1.54) is 5.56 Å². The molecule has 1 saturated heterocycles. The SMILES string of the molecule is CC1CCNCC1Oc1nc2c(cc1C#N)CCC2. The van der Waals surface area contributed by atoms with E-state index in [2.05, 4.69) is 23.3 Å². The average molecular weight is 257 g/mol. The summed E-state index contributed by atoms with van der Waals surface area (Å²) in [5.41, 5.74) is 2.92. The third kappa shape index (κ3) is 2.43. The second-order valence-electron chi connectivity index (χ2n) is 5.54. The van der Waals surface area contributed by atoms with Crippen molar-refractivity contribution in [3.63, 3.8) is 0 Å². The van der Waals surface area contributed by atoms with Crippen LogP contribution in [0.25, 0.3) is 0 Å². The molecule has 2 heterocycles. The van der Waals surface area contributed by atoms with Gasteiger partial charge in [-0.2, -0.15) is 5.26 Å². The van der Waals surface area contributed by atoms with Crippen molar-refractivity contribution in [2.24, 2.45) is 5.92 Å². The average Bonchev–Trinajstić information content (AvgIpc) is 2.87. The molecule has 1 fully saturated rings. The zero-order chi connectivity index (χ0) is 13.2. The Balaban J connectivity index is 1.85. The standard InChI is InChI=1S/C15H19N3O/c1-10-5-6-17-9-14(10)19-15-12(8-16)7-11-3-2-4-13(11)18-15/h7,10,14,17H,2-6,9H2,1H3. The fraction of sp³-hybridized carbons (Fsp3) is 0.600. The van der Waals surface area contributed by atoms with Crippen molar-refractivity contribution in [1.82, 2.24) is 10.3 Å². The van der Waals surface area contributed by atoms with E-state index in [-0.39, 0.29) is 6.10 Å². The van der Waals surface area contributed by atoms with Gasteiger partial charge in [-0.3, -0.25) is 0 Å². The molecule has 3 rings (SSSR count). The van der Waals surface area contributed by atoms with Gasteiger partial charge in [0, 0.05) is 12.2 Å². The van der Waals surface area contributed by atoms with E-state index >= 15 is 0 Å². The summed E-state index contributed by atoms with van der Waals surface area (Å²) in [6.07, 6.45) is 4.41. The molecule has 0 bridgehead atoms. The first kappa shape index (κ1) is 12.4. The maximum absolute atomic E-state index is 9.26. The highest BCUT2D eigenvalue weighted by Gasteiger charge is 2.25. The Labute approximate surface area is 113 Å². The van der Waals surface area contributed by atoms with Crippen molar-refractivity contribution in [3.05, 3.63) is 22.9 Å².